The van der Waals surface area contributed by atoms with Crippen molar-refractivity contribution in [2.24, 2.45) is 0 Å². The van der Waals surface area contributed by atoms with Crippen LogP contribution >= 0.6 is 0 Å². The second kappa shape index (κ2) is 9.83. The molecule has 0 radical (unpaired) electrons. The molecule has 0 aliphatic carbocycles. The molecule has 0 saturated carbocycles. The van der Waals surface area contributed by atoms with Crippen LogP contribution in [0.4, 0.5) is 0 Å². The summed E-state index contributed by atoms with van der Waals surface area (Å²) in [6, 6.07) is 19.8. The maximum atomic E-state index is 12.4. The van der Waals surface area contributed by atoms with E-state index in [9.17, 15) is 19.2 Å². The zero-order chi connectivity index (χ0) is 21.3. The highest BCUT2D eigenvalue weighted by atomic mass is 16.5. The van der Waals surface area contributed by atoms with Crippen molar-refractivity contribution in [1.82, 2.24) is 15.4 Å². The fraction of sp³-hybridized carbons (Fsp3) is 0.0909. The van der Waals surface area contributed by atoms with Crippen LogP contribution in [0.5, 0.6) is 5.75 Å². The third-order valence-electron chi connectivity index (χ3n) is 4.08. The zero-order valence-electron chi connectivity index (χ0n) is 15.9. The molecular weight excluding hydrogens is 386 g/mol. The number of ketones is 1. The van der Waals surface area contributed by atoms with Crippen LogP contribution in [0.1, 0.15) is 15.9 Å². The van der Waals surface area contributed by atoms with Crippen LogP contribution < -0.4 is 21.1 Å². The minimum Gasteiger partial charge on any atom is -0.484 e. The molecular formula is C22H19N3O5. The molecule has 30 heavy (non-hydrogen) atoms. The first kappa shape index (κ1) is 20.5. The number of hydrogen-bond donors (Lipinski definition) is 2. The number of nitrogens with zero attached hydrogens (tertiary/aromatic N) is 1. The summed E-state index contributed by atoms with van der Waals surface area (Å²) in [5, 5.41) is 0. The Hall–Kier alpha value is -4.20. The highest BCUT2D eigenvalue weighted by Crippen LogP contribution is 2.15. The summed E-state index contributed by atoms with van der Waals surface area (Å²) < 4.78 is 6.55. The maximum Gasteiger partial charge on any atom is 0.276 e. The number of nitrogens with one attached hydrogen (secondary N) is 2. The number of benzene rings is 2. The lowest BCUT2D eigenvalue weighted by Gasteiger charge is -2.10. The Balaban J connectivity index is 1.44. The highest BCUT2D eigenvalue weighted by Gasteiger charge is 2.10. The van der Waals surface area contributed by atoms with Crippen LogP contribution in [-0.2, 0) is 16.1 Å². The van der Waals surface area contributed by atoms with Gasteiger partial charge in [-0.05, 0) is 30.3 Å². The van der Waals surface area contributed by atoms with Gasteiger partial charge in [-0.1, -0.05) is 36.4 Å². The molecule has 0 spiro atoms. The van der Waals surface area contributed by atoms with E-state index in [1.54, 1.807) is 60.7 Å². The monoisotopic (exact) mass is 405 g/mol. The highest BCUT2D eigenvalue weighted by molar-refractivity contribution is 6.08. The van der Waals surface area contributed by atoms with Crippen LogP contribution in [0.3, 0.4) is 0 Å². The van der Waals surface area contributed by atoms with E-state index in [0.29, 0.717) is 16.9 Å². The first-order chi connectivity index (χ1) is 14.5. The van der Waals surface area contributed by atoms with Crippen molar-refractivity contribution in [3.8, 4) is 5.75 Å². The number of carbonyl (C=O) groups is 3. The van der Waals surface area contributed by atoms with E-state index in [1.807, 2.05) is 6.07 Å². The summed E-state index contributed by atoms with van der Waals surface area (Å²) in [6.07, 6.45) is 1.47. The van der Waals surface area contributed by atoms with Crippen molar-refractivity contribution in [3.05, 3.63) is 100 Å². The quantitative estimate of drug-likeness (QED) is 0.455. The Morgan fingerprint density at radius 3 is 2.10 bits per heavy atom. The van der Waals surface area contributed by atoms with Crippen molar-refractivity contribution in [1.29, 1.82) is 0 Å². The number of pyridine rings is 1. The molecule has 3 rings (SSSR count). The zero-order valence-corrected chi connectivity index (χ0v) is 15.9. The van der Waals surface area contributed by atoms with Gasteiger partial charge in [-0.2, -0.15) is 0 Å². The molecule has 0 aliphatic heterocycles. The van der Waals surface area contributed by atoms with Gasteiger partial charge in [0.15, 0.2) is 12.4 Å². The molecule has 0 atom stereocenters. The Morgan fingerprint density at radius 1 is 0.767 bits per heavy atom. The van der Waals surface area contributed by atoms with E-state index < -0.39 is 11.8 Å². The van der Waals surface area contributed by atoms with Gasteiger partial charge in [0.25, 0.3) is 17.4 Å². The summed E-state index contributed by atoms with van der Waals surface area (Å²) in [4.78, 5) is 47.5. The van der Waals surface area contributed by atoms with Crippen molar-refractivity contribution in [2.75, 3.05) is 6.61 Å². The molecule has 0 unspecified atom stereocenters. The van der Waals surface area contributed by atoms with Gasteiger partial charge in [-0.25, -0.2) is 0 Å². The standard InChI is InChI=1S/C22H19N3O5/c26-19(14-25-13-5-4-8-21(25)28)23-24-20(27)15-30-18-11-9-17(10-12-18)22(29)16-6-2-1-3-7-16/h1-13H,14-15H2,(H,23,26)(H,24,27). The normalized spacial score (nSPS) is 10.1. The van der Waals surface area contributed by atoms with E-state index >= 15 is 0 Å². The van der Waals surface area contributed by atoms with E-state index in [0.717, 1.165) is 0 Å². The fourth-order valence-electron chi connectivity index (χ4n) is 2.57. The number of hydrogen-bond acceptors (Lipinski definition) is 5. The number of ether oxygens (including phenoxy) is 1. The van der Waals surface area contributed by atoms with Gasteiger partial charge in [0.05, 0.1) is 0 Å². The molecule has 2 N–H and O–H groups in total. The van der Waals surface area contributed by atoms with Gasteiger partial charge in [0, 0.05) is 23.4 Å². The summed E-state index contributed by atoms with van der Waals surface area (Å²) in [5.41, 5.74) is 5.19. The third kappa shape index (κ3) is 5.65. The average molecular weight is 405 g/mol. The Labute approximate surface area is 172 Å². The Bertz CT molecular complexity index is 1090. The largest absolute Gasteiger partial charge is 0.484 e. The molecule has 3 aromatic rings. The molecule has 8 heteroatoms. The lowest BCUT2D eigenvalue weighted by molar-refractivity contribution is -0.130. The topological polar surface area (TPSA) is 106 Å². The molecule has 152 valence electrons. The van der Waals surface area contributed by atoms with Crippen LogP contribution in [0.25, 0.3) is 0 Å². The van der Waals surface area contributed by atoms with Gasteiger partial charge in [-0.3, -0.25) is 30.0 Å². The van der Waals surface area contributed by atoms with Gasteiger partial charge >= 0.3 is 0 Å². The molecule has 8 nitrogen and oxygen atoms in total. The SMILES string of the molecule is O=C(COc1ccc(C(=O)c2ccccc2)cc1)NNC(=O)Cn1ccccc1=O. The summed E-state index contributed by atoms with van der Waals surface area (Å²) in [6.45, 7) is -0.560. The molecule has 1 aromatic heterocycles. The fourth-order valence-corrected chi connectivity index (χ4v) is 2.57. The van der Waals surface area contributed by atoms with Crippen LogP contribution in [0, 0.1) is 0 Å². The van der Waals surface area contributed by atoms with E-state index in [-0.39, 0.29) is 24.5 Å². The van der Waals surface area contributed by atoms with Crippen LogP contribution in [-0.4, -0.2) is 28.8 Å². The molecule has 2 aromatic carbocycles. The van der Waals surface area contributed by atoms with Crippen molar-refractivity contribution in [2.45, 2.75) is 6.54 Å². The first-order valence-electron chi connectivity index (χ1n) is 9.09. The smallest absolute Gasteiger partial charge is 0.276 e. The Morgan fingerprint density at radius 2 is 1.40 bits per heavy atom. The molecule has 2 amide bonds. The average Bonchev–Trinajstić information content (AvgIpc) is 2.78. The number of carbonyl (C=O) groups excluding carboxylic acids is 3. The van der Waals surface area contributed by atoms with Crippen molar-refractivity contribution < 1.29 is 19.1 Å². The second-order valence-corrected chi connectivity index (χ2v) is 6.27. The molecule has 0 aliphatic rings. The number of rotatable bonds is 7. The first-order valence-corrected chi connectivity index (χ1v) is 9.09. The van der Waals surface area contributed by atoms with Crippen LogP contribution in [0.15, 0.2) is 83.8 Å². The summed E-state index contributed by atoms with van der Waals surface area (Å²) in [5.74, 6) is -0.842. The minimum atomic E-state index is -0.576. The Kier molecular flexibility index (Phi) is 6.73. The van der Waals surface area contributed by atoms with E-state index in [1.165, 1.54) is 16.8 Å². The molecule has 0 fully saturated rings. The van der Waals surface area contributed by atoms with Gasteiger partial charge in [0.1, 0.15) is 12.3 Å². The third-order valence-corrected chi connectivity index (χ3v) is 4.08. The van der Waals surface area contributed by atoms with E-state index in [4.69, 9.17) is 4.74 Å². The summed E-state index contributed by atoms with van der Waals surface area (Å²) >= 11 is 0. The molecule has 0 saturated heterocycles. The summed E-state index contributed by atoms with van der Waals surface area (Å²) in [7, 11) is 0. The molecule has 1 heterocycles. The van der Waals surface area contributed by atoms with Crippen molar-refractivity contribution in [3.63, 3.8) is 0 Å². The lowest BCUT2D eigenvalue weighted by Crippen LogP contribution is -2.45. The maximum absolute atomic E-state index is 12.4. The predicted molar refractivity (Wildman–Crippen MR) is 109 cm³/mol. The minimum absolute atomic E-state index is 0.111. The van der Waals surface area contributed by atoms with E-state index in [2.05, 4.69) is 10.9 Å². The van der Waals surface area contributed by atoms with Gasteiger partial charge in [0.2, 0.25) is 0 Å². The van der Waals surface area contributed by atoms with Gasteiger partial charge < -0.3 is 9.30 Å². The number of hydrazine groups is 1. The number of aromatic nitrogens is 1. The second-order valence-electron chi connectivity index (χ2n) is 6.27. The van der Waals surface area contributed by atoms with Crippen LogP contribution in [0.2, 0.25) is 0 Å². The predicted octanol–water partition coefficient (Wildman–Crippen LogP) is 1.31. The van der Waals surface area contributed by atoms with Crippen molar-refractivity contribution >= 4 is 17.6 Å². The lowest BCUT2D eigenvalue weighted by atomic mass is 10.0. The number of amides is 2. The molecule has 0 bridgehead atoms. The van der Waals surface area contributed by atoms with Gasteiger partial charge in [-0.15, -0.1) is 0 Å².